The fraction of sp³-hybridized carbons (Fsp3) is 0.833. The van der Waals surface area contributed by atoms with Gasteiger partial charge in [-0.2, -0.15) is 8.42 Å². The van der Waals surface area contributed by atoms with Crippen LogP contribution in [0.3, 0.4) is 0 Å². The maximum atomic E-state index is 9.88. The summed E-state index contributed by atoms with van der Waals surface area (Å²) in [6, 6.07) is 0. The lowest BCUT2D eigenvalue weighted by atomic mass is 10.4. The van der Waals surface area contributed by atoms with Gasteiger partial charge < -0.3 is 10.0 Å². The third-order valence-corrected chi connectivity index (χ3v) is 1.40. The van der Waals surface area contributed by atoms with Crippen LogP contribution in [-0.2, 0) is 19.4 Å². The van der Waals surface area contributed by atoms with Gasteiger partial charge >= 0.3 is 16.4 Å². The molecular formula is C6H15NO6S. The Labute approximate surface area is 83.2 Å². The molecule has 0 aromatic carbocycles. The molecule has 0 radical (unpaired) electrons. The summed E-state index contributed by atoms with van der Waals surface area (Å²) < 4.78 is 29.7. The SMILES string of the molecule is CN(C)CCC(=O)O.COS(=O)(=O)O. The monoisotopic (exact) mass is 229 g/mol. The number of hydrogen-bond acceptors (Lipinski definition) is 5. The highest BCUT2D eigenvalue weighted by atomic mass is 32.3. The van der Waals surface area contributed by atoms with Gasteiger partial charge in [0, 0.05) is 6.54 Å². The summed E-state index contributed by atoms with van der Waals surface area (Å²) in [6.07, 6.45) is 0.229. The number of aliphatic carboxylic acids is 1. The van der Waals surface area contributed by atoms with Crippen LogP contribution in [0, 0.1) is 0 Å². The van der Waals surface area contributed by atoms with Crippen molar-refractivity contribution in [3.05, 3.63) is 0 Å². The van der Waals surface area contributed by atoms with Crippen molar-refractivity contribution in [1.82, 2.24) is 4.90 Å². The molecule has 0 aliphatic rings. The Kier molecular flexibility index (Phi) is 8.65. The topological polar surface area (TPSA) is 104 Å². The van der Waals surface area contributed by atoms with E-state index in [0.29, 0.717) is 6.54 Å². The van der Waals surface area contributed by atoms with Crippen molar-refractivity contribution in [1.29, 1.82) is 0 Å². The first-order valence-electron chi connectivity index (χ1n) is 3.58. The lowest BCUT2D eigenvalue weighted by Crippen LogP contribution is -2.15. The van der Waals surface area contributed by atoms with Crippen LogP contribution >= 0.6 is 0 Å². The van der Waals surface area contributed by atoms with E-state index in [1.807, 2.05) is 19.0 Å². The highest BCUT2D eigenvalue weighted by molar-refractivity contribution is 7.80. The summed E-state index contributed by atoms with van der Waals surface area (Å²) in [5, 5.41) is 8.14. The summed E-state index contributed by atoms with van der Waals surface area (Å²) in [6.45, 7) is 0.620. The molecule has 0 bridgehead atoms. The molecule has 0 heterocycles. The summed E-state index contributed by atoms with van der Waals surface area (Å²) >= 11 is 0. The molecule has 2 N–H and O–H groups in total. The zero-order chi connectivity index (χ0) is 11.8. The Bertz CT molecular complexity index is 247. The van der Waals surface area contributed by atoms with Gasteiger partial charge in [-0.1, -0.05) is 0 Å². The van der Waals surface area contributed by atoms with E-state index in [-0.39, 0.29) is 6.42 Å². The Balaban J connectivity index is 0. The fourth-order valence-electron chi connectivity index (χ4n) is 0.319. The molecule has 0 spiro atoms. The fourth-order valence-corrected chi connectivity index (χ4v) is 0.319. The van der Waals surface area contributed by atoms with Gasteiger partial charge in [0.2, 0.25) is 0 Å². The zero-order valence-electron chi connectivity index (χ0n) is 8.30. The molecule has 7 nitrogen and oxygen atoms in total. The first-order valence-corrected chi connectivity index (χ1v) is 4.95. The second-order valence-corrected chi connectivity index (χ2v) is 3.73. The molecule has 0 rings (SSSR count). The van der Waals surface area contributed by atoms with Crippen molar-refractivity contribution in [2.45, 2.75) is 6.42 Å². The summed E-state index contributed by atoms with van der Waals surface area (Å²) in [5.41, 5.74) is 0. The summed E-state index contributed by atoms with van der Waals surface area (Å²) in [4.78, 5) is 11.7. The lowest BCUT2D eigenvalue weighted by molar-refractivity contribution is -0.137. The number of hydrogen-bond donors (Lipinski definition) is 2. The van der Waals surface area contributed by atoms with Crippen molar-refractivity contribution >= 4 is 16.4 Å². The third kappa shape index (κ3) is 22.5. The van der Waals surface area contributed by atoms with Crippen molar-refractivity contribution in [3.63, 3.8) is 0 Å². The van der Waals surface area contributed by atoms with Crippen molar-refractivity contribution in [2.24, 2.45) is 0 Å². The van der Waals surface area contributed by atoms with E-state index in [0.717, 1.165) is 7.11 Å². The van der Waals surface area contributed by atoms with Gasteiger partial charge in [0.15, 0.2) is 0 Å². The summed E-state index contributed by atoms with van der Waals surface area (Å²) in [5.74, 6) is -0.737. The van der Waals surface area contributed by atoms with Crippen LogP contribution in [0.25, 0.3) is 0 Å². The predicted octanol–water partition coefficient (Wildman–Crippen LogP) is -0.542. The van der Waals surface area contributed by atoms with Crippen molar-refractivity contribution < 1.29 is 27.1 Å². The average Bonchev–Trinajstić information content (AvgIpc) is 2.01. The van der Waals surface area contributed by atoms with Gasteiger partial charge in [0.25, 0.3) is 0 Å². The number of carbonyl (C=O) groups is 1. The normalized spacial score (nSPS) is 10.6. The minimum atomic E-state index is -4.16. The van der Waals surface area contributed by atoms with Crippen LogP contribution in [0.15, 0.2) is 0 Å². The van der Waals surface area contributed by atoms with Crippen LogP contribution < -0.4 is 0 Å². The van der Waals surface area contributed by atoms with E-state index < -0.39 is 16.4 Å². The minimum Gasteiger partial charge on any atom is -0.481 e. The standard InChI is InChI=1S/C5H11NO2.CH4O4S/c1-6(2)4-3-5(7)8;1-5-6(2,3)4/h3-4H2,1-2H3,(H,7,8);1H3,(H,2,3,4). The van der Waals surface area contributed by atoms with Crippen LogP contribution in [0.1, 0.15) is 6.42 Å². The van der Waals surface area contributed by atoms with E-state index in [4.69, 9.17) is 9.66 Å². The molecular weight excluding hydrogens is 214 g/mol. The van der Waals surface area contributed by atoms with E-state index >= 15 is 0 Å². The van der Waals surface area contributed by atoms with Gasteiger partial charge in [-0.15, -0.1) is 0 Å². The predicted molar refractivity (Wildman–Crippen MR) is 49.4 cm³/mol. The highest BCUT2D eigenvalue weighted by Gasteiger charge is 1.95. The van der Waals surface area contributed by atoms with Gasteiger partial charge in [0.1, 0.15) is 0 Å². The smallest absolute Gasteiger partial charge is 0.397 e. The Morgan fingerprint density at radius 2 is 1.79 bits per heavy atom. The molecule has 0 amide bonds. The van der Waals surface area contributed by atoms with Crippen LogP contribution in [0.5, 0.6) is 0 Å². The average molecular weight is 229 g/mol. The Morgan fingerprint density at radius 3 is 1.86 bits per heavy atom. The molecule has 0 saturated heterocycles. The summed E-state index contributed by atoms with van der Waals surface area (Å²) in [7, 11) is 0.409. The van der Waals surface area contributed by atoms with Gasteiger partial charge in [-0.05, 0) is 14.1 Å². The van der Waals surface area contributed by atoms with Gasteiger partial charge in [0.05, 0.1) is 13.5 Å². The van der Waals surface area contributed by atoms with E-state index in [9.17, 15) is 13.2 Å². The molecule has 86 valence electrons. The third-order valence-electron chi connectivity index (χ3n) is 0.984. The van der Waals surface area contributed by atoms with Crippen LogP contribution in [0.4, 0.5) is 0 Å². The zero-order valence-corrected chi connectivity index (χ0v) is 9.11. The molecule has 0 atom stereocenters. The number of nitrogens with zero attached hydrogens (tertiary/aromatic N) is 1. The van der Waals surface area contributed by atoms with Gasteiger partial charge in [-0.25, -0.2) is 0 Å². The van der Waals surface area contributed by atoms with Crippen LogP contribution in [0.2, 0.25) is 0 Å². The molecule has 0 aliphatic carbocycles. The number of carboxylic acid groups (broad SMARTS) is 1. The Hall–Kier alpha value is -0.700. The Morgan fingerprint density at radius 1 is 1.43 bits per heavy atom. The number of rotatable bonds is 4. The molecule has 0 unspecified atom stereocenters. The maximum Gasteiger partial charge on any atom is 0.397 e. The second kappa shape index (κ2) is 7.68. The van der Waals surface area contributed by atoms with Crippen molar-refractivity contribution in [3.8, 4) is 0 Å². The first-order chi connectivity index (χ1) is 6.19. The lowest BCUT2D eigenvalue weighted by Gasteiger charge is -2.04. The first kappa shape index (κ1) is 15.8. The minimum absolute atomic E-state index is 0.229. The van der Waals surface area contributed by atoms with Crippen LogP contribution in [-0.4, -0.2) is 56.7 Å². The highest BCUT2D eigenvalue weighted by Crippen LogP contribution is 1.80. The number of carboxylic acids is 1. The quantitative estimate of drug-likeness (QED) is 0.624. The molecule has 0 aromatic rings. The molecule has 14 heavy (non-hydrogen) atoms. The largest absolute Gasteiger partial charge is 0.481 e. The maximum absolute atomic E-state index is 9.88. The molecule has 0 aliphatic heterocycles. The molecule has 0 aromatic heterocycles. The molecule has 0 saturated carbocycles. The van der Waals surface area contributed by atoms with E-state index in [2.05, 4.69) is 4.18 Å². The molecule has 0 fully saturated rings. The second-order valence-electron chi connectivity index (χ2n) is 2.54. The van der Waals surface area contributed by atoms with Gasteiger partial charge in [-0.3, -0.25) is 13.5 Å². The van der Waals surface area contributed by atoms with E-state index in [1.165, 1.54) is 0 Å². The van der Waals surface area contributed by atoms with E-state index in [1.54, 1.807) is 0 Å². The van der Waals surface area contributed by atoms with Crippen molar-refractivity contribution in [2.75, 3.05) is 27.7 Å². The molecule has 8 heteroatoms.